The number of halogens is 2. The third-order valence-electron chi connectivity index (χ3n) is 3.67. The van der Waals surface area contributed by atoms with Crippen molar-refractivity contribution in [2.45, 2.75) is 5.75 Å². The normalized spacial score (nSPS) is 14.4. The van der Waals surface area contributed by atoms with Gasteiger partial charge in [0.2, 0.25) is 0 Å². The summed E-state index contributed by atoms with van der Waals surface area (Å²) in [6.07, 6.45) is 0. The lowest BCUT2D eigenvalue weighted by atomic mass is 9.96. The summed E-state index contributed by atoms with van der Waals surface area (Å²) in [5.41, 5.74) is 3.30. The largest absolute Gasteiger partial charge is 0.457 e. The molecule has 4 nitrogen and oxygen atoms in total. The van der Waals surface area contributed by atoms with Crippen molar-refractivity contribution in [1.29, 1.82) is 0 Å². The number of hydrogen-bond donors (Lipinski definition) is 1. The molecule has 0 saturated carbocycles. The molecule has 1 aliphatic rings. The maximum Gasteiger partial charge on any atom is 0.339 e. The van der Waals surface area contributed by atoms with E-state index in [-0.39, 0.29) is 12.4 Å². The van der Waals surface area contributed by atoms with Crippen molar-refractivity contribution in [3.63, 3.8) is 0 Å². The van der Waals surface area contributed by atoms with Gasteiger partial charge in [-0.3, -0.25) is 0 Å². The van der Waals surface area contributed by atoms with Crippen molar-refractivity contribution >= 4 is 55.4 Å². The van der Waals surface area contributed by atoms with Gasteiger partial charge in [-0.05, 0) is 23.3 Å². The minimum Gasteiger partial charge on any atom is -0.457 e. The molecule has 0 aliphatic carbocycles. The highest BCUT2D eigenvalue weighted by atomic mass is 79.9. The average molecular weight is 428 g/mol. The van der Waals surface area contributed by atoms with E-state index in [1.807, 2.05) is 6.07 Å². The summed E-state index contributed by atoms with van der Waals surface area (Å²) in [5, 5.41) is 0.454. The standard InChI is InChI=1S/C17H12BrClO4S/c18-12-5-6-13(15(19)7-12)16-14(8-23-17(16)20)11-3-1-10(2-4-11)9-24(21)22/h1-7,24H,8-9H2. The van der Waals surface area contributed by atoms with Gasteiger partial charge in [-0.25, -0.2) is 13.2 Å². The Bertz CT molecular complexity index is 909. The fourth-order valence-electron chi connectivity index (χ4n) is 2.56. The number of carbonyl (C=O) groups excluding carboxylic acids is 1. The number of hydrogen-bond acceptors (Lipinski definition) is 4. The first-order valence-corrected chi connectivity index (χ1v) is 9.56. The van der Waals surface area contributed by atoms with Gasteiger partial charge in [-0.1, -0.05) is 57.9 Å². The highest BCUT2D eigenvalue weighted by molar-refractivity contribution is 9.10. The summed E-state index contributed by atoms with van der Waals surface area (Å²) in [4.78, 5) is 12.2. The molecule has 0 radical (unpaired) electrons. The van der Waals surface area contributed by atoms with Crippen LogP contribution in [0.3, 0.4) is 0 Å². The van der Waals surface area contributed by atoms with Crippen LogP contribution in [-0.2, 0) is 26.0 Å². The molecule has 0 atom stereocenters. The van der Waals surface area contributed by atoms with Crippen LogP contribution in [0.4, 0.5) is 0 Å². The molecule has 7 heteroatoms. The van der Waals surface area contributed by atoms with Crippen molar-refractivity contribution in [1.82, 2.24) is 0 Å². The smallest absolute Gasteiger partial charge is 0.339 e. The molecule has 0 bridgehead atoms. The number of rotatable bonds is 4. The zero-order chi connectivity index (χ0) is 17.3. The fraction of sp³-hybridized carbons (Fsp3) is 0.118. The van der Waals surface area contributed by atoms with E-state index in [2.05, 4.69) is 15.9 Å². The Morgan fingerprint density at radius 1 is 1.12 bits per heavy atom. The molecule has 2 aromatic carbocycles. The van der Waals surface area contributed by atoms with Gasteiger partial charge < -0.3 is 4.74 Å². The fourth-order valence-corrected chi connectivity index (χ4v) is 3.83. The van der Waals surface area contributed by atoms with Gasteiger partial charge in [0, 0.05) is 20.6 Å². The lowest BCUT2D eigenvalue weighted by molar-refractivity contribution is -0.133. The molecule has 0 unspecified atom stereocenters. The Labute approximate surface area is 154 Å². The Morgan fingerprint density at radius 3 is 2.46 bits per heavy atom. The van der Waals surface area contributed by atoms with Crippen LogP contribution in [0.15, 0.2) is 46.9 Å². The van der Waals surface area contributed by atoms with Crippen LogP contribution in [0.1, 0.15) is 16.7 Å². The van der Waals surface area contributed by atoms with Crippen molar-refractivity contribution in [2.75, 3.05) is 6.61 Å². The van der Waals surface area contributed by atoms with Crippen LogP contribution in [-0.4, -0.2) is 21.0 Å². The number of cyclic esters (lactones) is 1. The molecule has 124 valence electrons. The summed E-state index contributed by atoms with van der Waals surface area (Å²) in [6, 6.07) is 12.3. The first kappa shape index (κ1) is 17.2. The molecule has 24 heavy (non-hydrogen) atoms. The summed E-state index contributed by atoms with van der Waals surface area (Å²) >= 11 is 9.61. The second kappa shape index (κ2) is 7.09. The zero-order valence-electron chi connectivity index (χ0n) is 12.3. The van der Waals surface area contributed by atoms with Gasteiger partial charge in [0.25, 0.3) is 0 Å². The third kappa shape index (κ3) is 3.55. The SMILES string of the molecule is O=C1OCC(c2ccc(C[SH](=O)=O)cc2)=C1c1ccc(Br)cc1Cl. The van der Waals surface area contributed by atoms with Gasteiger partial charge in [0.05, 0.1) is 11.3 Å². The van der Waals surface area contributed by atoms with Gasteiger partial charge in [0.1, 0.15) is 17.3 Å². The van der Waals surface area contributed by atoms with Crippen LogP contribution in [0, 0.1) is 0 Å². The number of ether oxygens (including phenoxy) is 1. The minimum atomic E-state index is -2.47. The molecule has 0 N–H and O–H groups in total. The maximum absolute atomic E-state index is 12.2. The minimum absolute atomic E-state index is 0.00448. The summed E-state index contributed by atoms with van der Waals surface area (Å²) in [6.45, 7) is 0.162. The van der Waals surface area contributed by atoms with Crippen molar-refractivity contribution in [3.05, 3.63) is 68.7 Å². The summed E-state index contributed by atoms with van der Waals surface area (Å²) in [7, 11) is -2.47. The molecule has 1 heterocycles. The highest BCUT2D eigenvalue weighted by Gasteiger charge is 2.28. The Kier molecular flexibility index (Phi) is 5.08. The molecule has 0 aromatic heterocycles. The lowest BCUT2D eigenvalue weighted by Crippen LogP contribution is -1.99. The van der Waals surface area contributed by atoms with E-state index in [4.69, 9.17) is 16.3 Å². The van der Waals surface area contributed by atoms with Gasteiger partial charge in [-0.15, -0.1) is 0 Å². The van der Waals surface area contributed by atoms with Crippen LogP contribution < -0.4 is 0 Å². The first-order chi connectivity index (χ1) is 11.5. The molecule has 0 spiro atoms. The number of benzene rings is 2. The number of carbonyl (C=O) groups is 1. The van der Waals surface area contributed by atoms with Gasteiger partial charge in [-0.2, -0.15) is 0 Å². The number of thiol groups is 1. The van der Waals surface area contributed by atoms with E-state index >= 15 is 0 Å². The molecule has 0 amide bonds. The number of esters is 1. The van der Waals surface area contributed by atoms with Crippen LogP contribution >= 0.6 is 27.5 Å². The Hall–Kier alpha value is -1.63. The van der Waals surface area contributed by atoms with Crippen molar-refractivity contribution < 1.29 is 17.9 Å². The van der Waals surface area contributed by atoms with Gasteiger partial charge in [0.15, 0.2) is 0 Å². The maximum atomic E-state index is 12.2. The molecule has 3 rings (SSSR count). The average Bonchev–Trinajstić information content (AvgIpc) is 2.89. The molecule has 0 fully saturated rings. The molecular weight excluding hydrogens is 416 g/mol. The topological polar surface area (TPSA) is 60.4 Å². The molecule has 2 aromatic rings. The summed E-state index contributed by atoms with van der Waals surface area (Å²) in [5.74, 6) is -0.420. The van der Waals surface area contributed by atoms with E-state index < -0.39 is 16.7 Å². The van der Waals surface area contributed by atoms with E-state index in [1.165, 1.54) is 0 Å². The quantitative estimate of drug-likeness (QED) is 0.597. The second-order valence-electron chi connectivity index (χ2n) is 5.24. The van der Waals surface area contributed by atoms with E-state index in [0.29, 0.717) is 21.7 Å². The monoisotopic (exact) mass is 426 g/mol. The highest BCUT2D eigenvalue weighted by Crippen LogP contribution is 2.37. The van der Waals surface area contributed by atoms with Crippen LogP contribution in [0.25, 0.3) is 11.1 Å². The third-order valence-corrected chi connectivity index (χ3v) is 5.10. The van der Waals surface area contributed by atoms with Crippen LogP contribution in [0.2, 0.25) is 5.02 Å². The second-order valence-corrected chi connectivity index (χ2v) is 7.55. The van der Waals surface area contributed by atoms with Crippen LogP contribution in [0.5, 0.6) is 0 Å². The zero-order valence-corrected chi connectivity index (χ0v) is 15.5. The van der Waals surface area contributed by atoms with Gasteiger partial charge >= 0.3 is 5.97 Å². The molecule has 1 aliphatic heterocycles. The predicted octanol–water partition coefficient (Wildman–Crippen LogP) is 3.68. The van der Waals surface area contributed by atoms with E-state index in [1.54, 1.807) is 36.4 Å². The Morgan fingerprint density at radius 2 is 1.83 bits per heavy atom. The molecule has 0 saturated heterocycles. The Balaban J connectivity index is 2.06. The van der Waals surface area contributed by atoms with Crippen molar-refractivity contribution in [2.24, 2.45) is 0 Å². The van der Waals surface area contributed by atoms with E-state index in [9.17, 15) is 13.2 Å². The molecular formula is C17H12BrClO4S. The van der Waals surface area contributed by atoms with Crippen molar-refractivity contribution in [3.8, 4) is 0 Å². The van der Waals surface area contributed by atoms with E-state index in [0.717, 1.165) is 15.6 Å². The predicted molar refractivity (Wildman–Crippen MR) is 97.4 cm³/mol. The first-order valence-electron chi connectivity index (χ1n) is 7.02. The summed E-state index contributed by atoms with van der Waals surface area (Å²) < 4.78 is 27.6. The lowest BCUT2D eigenvalue weighted by Gasteiger charge is -2.07.